The molecule has 22 heavy (non-hydrogen) atoms. The number of aliphatic carboxylic acids is 1. The summed E-state index contributed by atoms with van der Waals surface area (Å²) in [7, 11) is 0. The van der Waals surface area contributed by atoms with Crippen LogP contribution in [-0.2, 0) is 16.0 Å². The van der Waals surface area contributed by atoms with Gasteiger partial charge in [0, 0.05) is 23.6 Å². The molecule has 1 aliphatic rings. The molecule has 0 spiro atoms. The number of carboxylic acids is 1. The summed E-state index contributed by atoms with van der Waals surface area (Å²) in [6.07, 6.45) is 4.39. The average molecular weight is 300 g/mol. The molecule has 0 aliphatic carbocycles. The largest absolute Gasteiger partial charge is 0.480 e. The van der Waals surface area contributed by atoms with Gasteiger partial charge in [0.2, 0.25) is 5.91 Å². The van der Waals surface area contributed by atoms with Gasteiger partial charge < -0.3 is 15.0 Å². The van der Waals surface area contributed by atoms with Crippen LogP contribution in [0.4, 0.5) is 0 Å². The number of likely N-dealkylation sites (tertiary alicyclic amines) is 1. The summed E-state index contributed by atoms with van der Waals surface area (Å²) in [5.74, 6) is -1.00. The second-order valence-electron chi connectivity index (χ2n) is 5.93. The fourth-order valence-corrected chi connectivity index (χ4v) is 3.26. The lowest BCUT2D eigenvalue weighted by atomic mass is 10.0. The number of hydrogen-bond donors (Lipinski definition) is 2. The molecule has 2 aromatic rings. The van der Waals surface area contributed by atoms with E-state index < -0.39 is 12.0 Å². The van der Waals surface area contributed by atoms with Crippen molar-refractivity contribution in [3.63, 3.8) is 0 Å². The van der Waals surface area contributed by atoms with E-state index in [9.17, 15) is 14.7 Å². The molecule has 0 bridgehead atoms. The first-order valence-electron chi connectivity index (χ1n) is 7.66. The first-order valence-corrected chi connectivity index (χ1v) is 7.66. The number of carbonyl (C=O) groups is 2. The van der Waals surface area contributed by atoms with Crippen LogP contribution < -0.4 is 0 Å². The lowest BCUT2D eigenvalue weighted by Gasteiger charge is -2.33. The summed E-state index contributed by atoms with van der Waals surface area (Å²) in [5, 5.41) is 10.3. The molecule has 2 heterocycles. The van der Waals surface area contributed by atoms with Crippen LogP contribution in [-0.4, -0.2) is 39.5 Å². The predicted octanol–water partition coefficient (Wildman–Crippen LogP) is 2.48. The molecule has 1 fully saturated rings. The lowest BCUT2D eigenvalue weighted by molar-refractivity contribution is -0.151. The van der Waals surface area contributed by atoms with Crippen molar-refractivity contribution in [1.82, 2.24) is 9.88 Å². The number of aromatic nitrogens is 1. The van der Waals surface area contributed by atoms with E-state index in [4.69, 9.17) is 0 Å². The molecule has 1 aliphatic heterocycles. The minimum Gasteiger partial charge on any atom is -0.480 e. The minimum absolute atomic E-state index is 0.102. The van der Waals surface area contributed by atoms with Gasteiger partial charge in [0.1, 0.15) is 6.04 Å². The zero-order chi connectivity index (χ0) is 15.7. The molecule has 1 saturated heterocycles. The van der Waals surface area contributed by atoms with Crippen LogP contribution in [0.2, 0.25) is 0 Å². The first kappa shape index (κ1) is 14.6. The number of piperidine rings is 1. The van der Waals surface area contributed by atoms with Crippen molar-refractivity contribution in [3.05, 3.63) is 35.5 Å². The van der Waals surface area contributed by atoms with Gasteiger partial charge in [-0.1, -0.05) is 18.2 Å². The van der Waals surface area contributed by atoms with Gasteiger partial charge in [-0.05, 0) is 37.3 Å². The standard InChI is InChI=1S/C17H20N2O3/c1-11-5-4-6-13-12(10-18-16(11)13)9-15(20)19-8-3-2-7-14(19)17(21)22/h4-6,10,14,18H,2-3,7-9H2,1H3,(H,21,22)/t14-/m1/s1. The van der Waals surface area contributed by atoms with Crippen LogP contribution in [0.15, 0.2) is 24.4 Å². The zero-order valence-corrected chi connectivity index (χ0v) is 12.6. The highest BCUT2D eigenvalue weighted by molar-refractivity contribution is 5.91. The Morgan fingerprint density at radius 3 is 2.95 bits per heavy atom. The van der Waals surface area contributed by atoms with Gasteiger partial charge in [-0.25, -0.2) is 4.79 Å². The van der Waals surface area contributed by atoms with E-state index in [0.717, 1.165) is 34.9 Å². The summed E-state index contributed by atoms with van der Waals surface area (Å²) < 4.78 is 0. The number of fused-ring (bicyclic) bond motifs is 1. The van der Waals surface area contributed by atoms with Crippen molar-refractivity contribution < 1.29 is 14.7 Å². The highest BCUT2D eigenvalue weighted by atomic mass is 16.4. The predicted molar refractivity (Wildman–Crippen MR) is 83.7 cm³/mol. The van der Waals surface area contributed by atoms with Crippen LogP contribution in [0, 0.1) is 6.92 Å². The van der Waals surface area contributed by atoms with Gasteiger partial charge in [0.15, 0.2) is 0 Å². The number of hydrogen-bond acceptors (Lipinski definition) is 2. The van der Waals surface area contributed by atoms with Crippen molar-refractivity contribution >= 4 is 22.8 Å². The molecule has 2 N–H and O–H groups in total. The molecule has 116 valence electrons. The monoisotopic (exact) mass is 300 g/mol. The maximum absolute atomic E-state index is 12.6. The molecule has 1 atom stereocenters. The molecule has 5 nitrogen and oxygen atoms in total. The quantitative estimate of drug-likeness (QED) is 0.914. The smallest absolute Gasteiger partial charge is 0.326 e. The molecule has 1 amide bonds. The number of benzene rings is 1. The summed E-state index contributed by atoms with van der Waals surface area (Å²) in [4.78, 5) is 28.6. The van der Waals surface area contributed by atoms with Gasteiger partial charge >= 0.3 is 5.97 Å². The van der Waals surface area contributed by atoms with Crippen molar-refractivity contribution in [2.45, 2.75) is 38.6 Å². The van der Waals surface area contributed by atoms with Gasteiger partial charge in [0.05, 0.1) is 6.42 Å². The second kappa shape index (κ2) is 5.83. The van der Waals surface area contributed by atoms with Crippen molar-refractivity contribution in [2.24, 2.45) is 0 Å². The Kier molecular flexibility index (Phi) is 3.88. The number of nitrogens with zero attached hydrogens (tertiary/aromatic N) is 1. The molecule has 0 saturated carbocycles. The second-order valence-corrected chi connectivity index (χ2v) is 5.93. The van der Waals surface area contributed by atoms with Gasteiger partial charge in [0.25, 0.3) is 0 Å². The highest BCUT2D eigenvalue weighted by Crippen LogP contribution is 2.24. The summed E-state index contributed by atoms with van der Waals surface area (Å²) in [5.41, 5.74) is 3.11. The number of para-hydroxylation sites is 1. The Morgan fingerprint density at radius 2 is 2.18 bits per heavy atom. The minimum atomic E-state index is -0.900. The fourth-order valence-electron chi connectivity index (χ4n) is 3.26. The third-order valence-electron chi connectivity index (χ3n) is 4.46. The number of amides is 1. The number of aromatic amines is 1. The van der Waals surface area contributed by atoms with E-state index in [1.165, 1.54) is 4.90 Å². The fraction of sp³-hybridized carbons (Fsp3) is 0.412. The van der Waals surface area contributed by atoms with E-state index in [1.807, 2.05) is 31.3 Å². The number of carboxylic acid groups (broad SMARTS) is 1. The zero-order valence-electron chi connectivity index (χ0n) is 12.6. The van der Waals surface area contributed by atoms with Crippen LogP contribution >= 0.6 is 0 Å². The number of nitrogens with one attached hydrogen (secondary N) is 1. The Morgan fingerprint density at radius 1 is 1.36 bits per heavy atom. The van der Waals surface area contributed by atoms with Crippen molar-refractivity contribution in [3.8, 4) is 0 Å². The summed E-state index contributed by atoms with van der Waals surface area (Å²) >= 11 is 0. The van der Waals surface area contributed by atoms with Gasteiger partial charge in [-0.3, -0.25) is 4.79 Å². The normalized spacial score (nSPS) is 18.6. The molecule has 0 radical (unpaired) electrons. The van der Waals surface area contributed by atoms with E-state index in [-0.39, 0.29) is 12.3 Å². The topological polar surface area (TPSA) is 73.4 Å². The van der Waals surface area contributed by atoms with Crippen molar-refractivity contribution in [1.29, 1.82) is 0 Å². The van der Waals surface area contributed by atoms with Gasteiger partial charge in [-0.2, -0.15) is 0 Å². The summed E-state index contributed by atoms with van der Waals surface area (Å²) in [6, 6.07) is 5.32. The van der Waals surface area contributed by atoms with Gasteiger partial charge in [-0.15, -0.1) is 0 Å². The van der Waals surface area contributed by atoms with Crippen LogP contribution in [0.1, 0.15) is 30.4 Å². The maximum Gasteiger partial charge on any atom is 0.326 e. The third kappa shape index (κ3) is 2.58. The van der Waals surface area contributed by atoms with E-state index in [1.54, 1.807) is 0 Å². The van der Waals surface area contributed by atoms with E-state index in [0.29, 0.717) is 13.0 Å². The number of rotatable bonds is 3. The SMILES string of the molecule is Cc1cccc2c(CC(=O)N3CCCC[C@@H]3C(=O)O)c[nH]c12. The molecule has 1 aromatic heterocycles. The summed E-state index contributed by atoms with van der Waals surface area (Å²) in [6.45, 7) is 2.56. The number of carbonyl (C=O) groups excluding carboxylic acids is 1. The average Bonchev–Trinajstić information content (AvgIpc) is 2.92. The number of H-pyrrole nitrogens is 1. The first-order chi connectivity index (χ1) is 10.6. The lowest BCUT2D eigenvalue weighted by Crippen LogP contribution is -2.48. The molecule has 1 aromatic carbocycles. The molecule has 5 heteroatoms. The Hall–Kier alpha value is -2.30. The van der Waals surface area contributed by atoms with Crippen LogP contribution in [0.3, 0.4) is 0 Å². The number of aryl methyl sites for hydroxylation is 1. The molecule has 3 rings (SSSR count). The van der Waals surface area contributed by atoms with E-state index >= 15 is 0 Å². The highest BCUT2D eigenvalue weighted by Gasteiger charge is 2.31. The Labute approximate surface area is 128 Å². The Bertz CT molecular complexity index is 720. The molecule has 0 unspecified atom stereocenters. The van der Waals surface area contributed by atoms with Crippen molar-refractivity contribution in [2.75, 3.05) is 6.54 Å². The third-order valence-corrected chi connectivity index (χ3v) is 4.46. The van der Waals surface area contributed by atoms with Crippen LogP contribution in [0.25, 0.3) is 10.9 Å². The maximum atomic E-state index is 12.6. The Balaban J connectivity index is 1.83. The molecular formula is C17H20N2O3. The van der Waals surface area contributed by atoms with E-state index in [2.05, 4.69) is 4.98 Å². The van der Waals surface area contributed by atoms with Crippen LogP contribution in [0.5, 0.6) is 0 Å². The molecular weight excluding hydrogens is 280 g/mol.